The van der Waals surface area contributed by atoms with Crippen LogP contribution >= 0.6 is 27.7 Å². The van der Waals surface area contributed by atoms with E-state index in [1.54, 1.807) is 26.0 Å². The SMILES string of the molecule is CC/C(=N/NC(=O)CSCc1cccc(Br)c1)c1ccc(OC)c(OC)c1. The molecular formula is C20H23BrN2O3S. The number of thioether (sulfide) groups is 1. The van der Waals surface area contributed by atoms with Gasteiger partial charge in [-0.05, 0) is 42.3 Å². The maximum atomic E-state index is 12.1. The Kier molecular flexibility index (Phi) is 8.67. The van der Waals surface area contributed by atoms with E-state index in [1.807, 2.05) is 43.3 Å². The lowest BCUT2D eigenvalue weighted by atomic mass is 10.1. The number of carbonyl (C=O) groups is 1. The summed E-state index contributed by atoms with van der Waals surface area (Å²) in [6.07, 6.45) is 0.681. The third-order valence-electron chi connectivity index (χ3n) is 3.76. The van der Waals surface area contributed by atoms with Gasteiger partial charge in [0.25, 0.3) is 0 Å². The minimum absolute atomic E-state index is 0.124. The Morgan fingerprint density at radius 2 is 1.93 bits per heavy atom. The Morgan fingerprint density at radius 3 is 2.59 bits per heavy atom. The second-order valence-corrected chi connectivity index (χ2v) is 7.54. The van der Waals surface area contributed by atoms with Crippen LogP contribution in [0, 0.1) is 0 Å². The van der Waals surface area contributed by atoms with Gasteiger partial charge < -0.3 is 9.47 Å². The predicted molar refractivity (Wildman–Crippen MR) is 115 cm³/mol. The van der Waals surface area contributed by atoms with Crippen molar-refractivity contribution in [3.8, 4) is 11.5 Å². The summed E-state index contributed by atoms with van der Waals surface area (Å²) in [6.45, 7) is 1.99. The number of rotatable bonds is 9. The molecule has 0 aliphatic carbocycles. The molecule has 0 aromatic heterocycles. The molecule has 1 N–H and O–H groups in total. The monoisotopic (exact) mass is 450 g/mol. The van der Waals surface area contributed by atoms with E-state index in [0.717, 1.165) is 21.5 Å². The number of benzene rings is 2. The third kappa shape index (κ3) is 6.59. The minimum Gasteiger partial charge on any atom is -0.493 e. The molecule has 2 rings (SSSR count). The Hall–Kier alpha value is -1.99. The molecule has 2 aromatic carbocycles. The Morgan fingerprint density at radius 1 is 1.15 bits per heavy atom. The maximum absolute atomic E-state index is 12.1. The molecule has 0 bridgehead atoms. The van der Waals surface area contributed by atoms with E-state index < -0.39 is 0 Å². The molecule has 0 heterocycles. The molecule has 0 atom stereocenters. The van der Waals surface area contributed by atoms with Crippen LogP contribution in [0.3, 0.4) is 0 Å². The summed E-state index contributed by atoms with van der Waals surface area (Å²) in [6, 6.07) is 13.6. The quantitative estimate of drug-likeness (QED) is 0.446. The number of hydrazone groups is 1. The lowest BCUT2D eigenvalue weighted by molar-refractivity contribution is -0.118. The van der Waals surface area contributed by atoms with E-state index >= 15 is 0 Å². The molecule has 2 aromatic rings. The van der Waals surface area contributed by atoms with Crippen molar-refractivity contribution >= 4 is 39.3 Å². The number of nitrogens with one attached hydrogen (secondary N) is 1. The summed E-state index contributed by atoms with van der Waals surface area (Å²) in [5.41, 5.74) is 5.48. The number of ether oxygens (including phenoxy) is 2. The topological polar surface area (TPSA) is 59.9 Å². The van der Waals surface area contributed by atoms with Crippen molar-refractivity contribution in [2.75, 3.05) is 20.0 Å². The van der Waals surface area contributed by atoms with Gasteiger partial charge in [0.15, 0.2) is 11.5 Å². The first-order valence-corrected chi connectivity index (χ1v) is 10.4. The van der Waals surface area contributed by atoms with Crippen molar-refractivity contribution < 1.29 is 14.3 Å². The van der Waals surface area contributed by atoms with Gasteiger partial charge in [0.1, 0.15) is 0 Å². The largest absolute Gasteiger partial charge is 0.493 e. The first-order chi connectivity index (χ1) is 13.1. The molecule has 0 radical (unpaired) electrons. The standard InChI is InChI=1S/C20H23BrN2O3S/c1-4-17(15-8-9-18(25-2)19(11-15)26-3)22-23-20(24)13-27-12-14-6-5-7-16(21)10-14/h5-11H,4,12-13H2,1-3H3,(H,23,24)/b22-17-. The van der Waals surface area contributed by atoms with Crippen molar-refractivity contribution in [2.24, 2.45) is 5.10 Å². The van der Waals surface area contributed by atoms with E-state index in [-0.39, 0.29) is 5.91 Å². The molecule has 0 saturated carbocycles. The van der Waals surface area contributed by atoms with Crippen LogP contribution in [0.5, 0.6) is 11.5 Å². The first kappa shape index (κ1) is 21.3. The zero-order valence-corrected chi connectivity index (χ0v) is 18.0. The highest BCUT2D eigenvalue weighted by Gasteiger charge is 2.09. The first-order valence-electron chi connectivity index (χ1n) is 8.47. The van der Waals surface area contributed by atoms with Crippen molar-refractivity contribution in [1.82, 2.24) is 5.43 Å². The summed E-state index contributed by atoms with van der Waals surface area (Å²) in [4.78, 5) is 12.1. The second-order valence-electron chi connectivity index (χ2n) is 5.64. The van der Waals surface area contributed by atoms with E-state index in [4.69, 9.17) is 9.47 Å². The number of amides is 1. The summed E-state index contributed by atoms with van der Waals surface area (Å²) in [7, 11) is 3.19. The average Bonchev–Trinajstić information content (AvgIpc) is 2.68. The zero-order chi connectivity index (χ0) is 19.6. The van der Waals surface area contributed by atoms with Crippen molar-refractivity contribution in [3.63, 3.8) is 0 Å². The van der Waals surface area contributed by atoms with Crippen LogP contribution in [-0.4, -0.2) is 31.6 Å². The molecule has 144 valence electrons. The predicted octanol–water partition coefficient (Wildman–Crippen LogP) is 4.63. The minimum atomic E-state index is -0.124. The fraction of sp³-hybridized carbons (Fsp3) is 0.300. The maximum Gasteiger partial charge on any atom is 0.250 e. The third-order valence-corrected chi connectivity index (χ3v) is 5.26. The van der Waals surface area contributed by atoms with Gasteiger partial charge in [-0.3, -0.25) is 4.79 Å². The van der Waals surface area contributed by atoms with Gasteiger partial charge >= 0.3 is 0 Å². The number of hydrogen-bond acceptors (Lipinski definition) is 5. The van der Waals surface area contributed by atoms with Crippen LogP contribution in [0.25, 0.3) is 0 Å². The summed E-state index contributed by atoms with van der Waals surface area (Å²) < 4.78 is 11.6. The van der Waals surface area contributed by atoms with Gasteiger partial charge in [0, 0.05) is 15.8 Å². The van der Waals surface area contributed by atoms with Crippen molar-refractivity contribution in [2.45, 2.75) is 19.1 Å². The number of methoxy groups -OCH3 is 2. The molecule has 5 nitrogen and oxygen atoms in total. The van der Waals surface area contributed by atoms with Crippen LogP contribution in [0.4, 0.5) is 0 Å². The molecule has 0 fully saturated rings. The van der Waals surface area contributed by atoms with E-state index in [1.165, 1.54) is 5.56 Å². The smallest absolute Gasteiger partial charge is 0.250 e. The van der Waals surface area contributed by atoms with E-state index in [9.17, 15) is 4.79 Å². The molecule has 0 aliphatic heterocycles. The van der Waals surface area contributed by atoms with Gasteiger partial charge in [-0.25, -0.2) is 5.43 Å². The summed E-state index contributed by atoms with van der Waals surface area (Å²) >= 11 is 5.00. The van der Waals surface area contributed by atoms with Gasteiger partial charge in [-0.1, -0.05) is 35.0 Å². The Balaban J connectivity index is 1.92. The van der Waals surface area contributed by atoms with E-state index in [0.29, 0.717) is 23.7 Å². The molecule has 0 unspecified atom stereocenters. The van der Waals surface area contributed by atoms with E-state index in [2.05, 4.69) is 32.5 Å². The summed E-state index contributed by atoms with van der Waals surface area (Å²) in [5.74, 6) is 2.28. The number of nitrogens with zero attached hydrogens (tertiary/aromatic N) is 1. The lowest BCUT2D eigenvalue weighted by Gasteiger charge is -2.10. The highest BCUT2D eigenvalue weighted by molar-refractivity contribution is 9.10. The molecular weight excluding hydrogens is 428 g/mol. The number of hydrogen-bond donors (Lipinski definition) is 1. The highest BCUT2D eigenvalue weighted by Crippen LogP contribution is 2.28. The summed E-state index contributed by atoms with van der Waals surface area (Å²) in [5, 5.41) is 4.28. The molecule has 0 saturated heterocycles. The molecule has 1 amide bonds. The number of carbonyl (C=O) groups excluding carboxylic acids is 1. The fourth-order valence-electron chi connectivity index (χ4n) is 2.41. The van der Waals surface area contributed by atoms with Gasteiger partial charge in [0.05, 0.1) is 25.7 Å². The van der Waals surface area contributed by atoms with Gasteiger partial charge in [-0.15, -0.1) is 11.8 Å². The van der Waals surface area contributed by atoms with Crippen LogP contribution in [0.15, 0.2) is 52.0 Å². The lowest BCUT2D eigenvalue weighted by Crippen LogP contribution is -2.21. The molecule has 27 heavy (non-hydrogen) atoms. The van der Waals surface area contributed by atoms with Crippen molar-refractivity contribution in [3.05, 3.63) is 58.1 Å². The van der Waals surface area contributed by atoms with Crippen LogP contribution in [-0.2, 0) is 10.5 Å². The molecule has 0 spiro atoms. The highest BCUT2D eigenvalue weighted by atomic mass is 79.9. The van der Waals surface area contributed by atoms with Gasteiger partial charge in [0.2, 0.25) is 5.91 Å². The fourth-order valence-corrected chi connectivity index (χ4v) is 3.63. The number of halogens is 1. The normalized spacial score (nSPS) is 11.2. The zero-order valence-electron chi connectivity index (χ0n) is 15.6. The van der Waals surface area contributed by atoms with Crippen LogP contribution < -0.4 is 14.9 Å². The van der Waals surface area contributed by atoms with Crippen LogP contribution in [0.2, 0.25) is 0 Å². The molecule has 7 heteroatoms. The van der Waals surface area contributed by atoms with Gasteiger partial charge in [-0.2, -0.15) is 5.10 Å². The average molecular weight is 451 g/mol. The van der Waals surface area contributed by atoms with Crippen molar-refractivity contribution in [1.29, 1.82) is 0 Å². The molecule has 0 aliphatic rings. The Bertz CT molecular complexity index is 812. The second kappa shape index (κ2) is 11.0. The Labute approximate surface area is 172 Å². The van der Waals surface area contributed by atoms with Crippen LogP contribution in [0.1, 0.15) is 24.5 Å².